The van der Waals surface area contributed by atoms with E-state index in [-0.39, 0.29) is 18.7 Å². The zero-order valence-electron chi connectivity index (χ0n) is 24.8. The zero-order valence-corrected chi connectivity index (χ0v) is 24.8. The summed E-state index contributed by atoms with van der Waals surface area (Å²) in [4.78, 5) is 36.3. The van der Waals surface area contributed by atoms with E-state index in [4.69, 9.17) is 9.47 Å². The van der Waals surface area contributed by atoms with Crippen molar-refractivity contribution in [2.24, 2.45) is 0 Å². The first kappa shape index (κ1) is 38.1. The molecule has 0 atom stereocenters. The fraction of sp³-hybridized carbons (Fsp3) is 0.679. The molecule has 210 valence electrons. The topological polar surface area (TPSA) is 88.2 Å². The molecule has 1 aromatic carbocycles. The lowest BCUT2D eigenvalue weighted by Crippen LogP contribution is -2.39. The molecule has 0 fully saturated rings. The lowest BCUT2D eigenvalue weighted by molar-refractivity contribution is -0.131. The number of rotatable bonds is 9. The number of carbonyl (C=O) groups excluding carboxylic acids is 3. The van der Waals surface area contributed by atoms with Crippen LogP contribution in [0.25, 0.3) is 0 Å². The highest BCUT2D eigenvalue weighted by Gasteiger charge is 2.20. The van der Waals surface area contributed by atoms with Crippen LogP contribution in [0.2, 0.25) is 0 Å². The number of hydrogen-bond acceptors (Lipinski definition) is 6. The lowest BCUT2D eigenvalue weighted by atomic mass is 10.2. The van der Waals surface area contributed by atoms with Gasteiger partial charge < -0.3 is 29.4 Å². The number of nitrogens with one attached hydrogen (secondary N) is 1. The van der Waals surface area contributed by atoms with E-state index in [1.807, 2.05) is 14.1 Å². The minimum Gasteiger partial charge on any atom is -0.444 e. The van der Waals surface area contributed by atoms with Gasteiger partial charge in [0.15, 0.2) is 0 Å². The van der Waals surface area contributed by atoms with Gasteiger partial charge in [-0.2, -0.15) is 0 Å². The van der Waals surface area contributed by atoms with Crippen LogP contribution < -0.4 is 5.32 Å². The zero-order chi connectivity index (χ0) is 28.6. The van der Waals surface area contributed by atoms with Crippen LogP contribution in [0.3, 0.4) is 0 Å². The molecule has 8 nitrogen and oxygen atoms in total. The number of benzene rings is 1. The van der Waals surface area contributed by atoms with Crippen molar-refractivity contribution in [2.45, 2.75) is 72.8 Å². The van der Waals surface area contributed by atoms with Gasteiger partial charge in [0, 0.05) is 53.7 Å². The third-order valence-electron chi connectivity index (χ3n) is 4.30. The Morgan fingerprint density at radius 1 is 0.972 bits per heavy atom. The Balaban J connectivity index is -0.000000519. The average Bonchev–Trinajstić information content (AvgIpc) is 2.81. The van der Waals surface area contributed by atoms with Gasteiger partial charge in [0.25, 0.3) is 0 Å². The molecule has 8 heteroatoms. The molecule has 0 bridgehead atoms. The maximum atomic E-state index is 11.7. The number of ether oxygens (including phenoxy) is 2. The molecule has 1 rings (SSSR count). The highest BCUT2D eigenvalue weighted by atomic mass is 16.6. The number of carbonyl (C=O) groups is 3. The number of amides is 2. The maximum absolute atomic E-state index is 11.7. The van der Waals surface area contributed by atoms with Gasteiger partial charge in [0.2, 0.25) is 5.91 Å². The van der Waals surface area contributed by atoms with Gasteiger partial charge in [-0.05, 0) is 55.1 Å². The largest absolute Gasteiger partial charge is 0.444 e. The van der Waals surface area contributed by atoms with E-state index < -0.39 is 11.7 Å². The summed E-state index contributed by atoms with van der Waals surface area (Å²) in [5.74, 6) is -0.107. The quantitative estimate of drug-likeness (QED) is 0.376. The van der Waals surface area contributed by atoms with Gasteiger partial charge in [-0.1, -0.05) is 48.7 Å². The van der Waals surface area contributed by atoms with E-state index in [1.54, 1.807) is 42.0 Å². The molecule has 1 N–H and O–H groups in total. The molecule has 2 amide bonds. The Kier molecular flexibility index (Phi) is 25.7. The number of nitrogens with zero attached hydrogens (tertiary/aromatic N) is 2. The van der Waals surface area contributed by atoms with Crippen molar-refractivity contribution in [1.29, 1.82) is 0 Å². The lowest BCUT2D eigenvalue weighted by Gasteiger charge is -2.26. The second kappa shape index (κ2) is 24.3. The van der Waals surface area contributed by atoms with Crippen molar-refractivity contribution in [3.8, 4) is 0 Å². The Morgan fingerprint density at radius 2 is 1.42 bits per heavy atom. The third kappa shape index (κ3) is 27.8. The summed E-state index contributed by atoms with van der Waals surface area (Å²) in [5, 5.41) is 2.75. The number of methoxy groups -OCH3 is 1. The summed E-state index contributed by atoms with van der Waals surface area (Å²) in [7, 11) is 8.75. The van der Waals surface area contributed by atoms with Gasteiger partial charge in [0.05, 0.1) is 0 Å². The molecule has 0 aliphatic heterocycles. The normalized spacial score (nSPS) is 9.75. The van der Waals surface area contributed by atoms with Crippen LogP contribution in [0.4, 0.5) is 4.79 Å². The van der Waals surface area contributed by atoms with Crippen LogP contribution in [0.5, 0.6) is 0 Å². The van der Waals surface area contributed by atoms with Crippen molar-refractivity contribution < 1.29 is 23.9 Å². The fourth-order valence-electron chi connectivity index (χ4n) is 2.15. The summed E-state index contributed by atoms with van der Waals surface area (Å²) in [6.07, 6.45) is 3.16. The Hall–Kier alpha value is -2.45. The molecule has 0 saturated heterocycles. The number of likely N-dealkylation sites (N-methyl/N-ethyl adjacent to an activating group) is 2. The monoisotopic (exact) mass is 511 g/mol. The Bertz CT molecular complexity index is 648. The smallest absolute Gasteiger partial charge is 0.410 e. The summed E-state index contributed by atoms with van der Waals surface area (Å²) in [6.45, 7) is 13.5. The molecule has 1 aromatic rings. The first-order valence-corrected chi connectivity index (χ1v) is 12.5. The molecule has 0 saturated carbocycles. The predicted octanol–water partition coefficient (Wildman–Crippen LogP) is 4.86. The first-order chi connectivity index (χ1) is 16.8. The van der Waals surface area contributed by atoms with Crippen LogP contribution in [0.15, 0.2) is 24.3 Å². The van der Waals surface area contributed by atoms with Crippen molar-refractivity contribution >= 4 is 18.3 Å². The van der Waals surface area contributed by atoms with E-state index in [2.05, 4.69) is 50.4 Å². The van der Waals surface area contributed by atoms with Gasteiger partial charge in [-0.3, -0.25) is 4.79 Å². The second-order valence-corrected chi connectivity index (χ2v) is 9.42. The molecule has 0 aliphatic rings. The molecule has 0 spiro atoms. The third-order valence-corrected chi connectivity index (χ3v) is 4.30. The van der Waals surface area contributed by atoms with Gasteiger partial charge >= 0.3 is 6.09 Å². The highest BCUT2D eigenvalue weighted by Crippen LogP contribution is 2.09. The number of unbranched alkanes of at least 4 members (excludes halogenated alkanes) is 1. The number of aldehydes is 1. The standard InChI is InChI=1S/C13H24N2O4.C8H10.C5H12O.C2H7N/c1-13(2,3)19-12(18)15(5)9-8-14(4)11(17)7-6-10-16;1-7-3-5-8(2)6-4-7;1-3-4-5-6-2;1-3-2/h10H,6-9H2,1-5H3;3-6H,1-2H3;3-5H2,1-2H3;3H,1-2H3. The SMILES string of the molecule is CCCCOC.CN(CCN(C)C(=O)OC(C)(C)C)C(=O)CCC=O.CNC.Cc1ccc(C)cc1. The molecule has 0 aliphatic carbocycles. The number of hydrogen-bond donors (Lipinski definition) is 1. The van der Waals surface area contributed by atoms with E-state index >= 15 is 0 Å². The molecule has 0 heterocycles. The molecular weight excluding hydrogens is 458 g/mol. The molecule has 36 heavy (non-hydrogen) atoms. The van der Waals surface area contributed by atoms with Crippen LogP contribution in [0, 0.1) is 13.8 Å². The van der Waals surface area contributed by atoms with E-state index in [0.717, 1.165) is 12.9 Å². The summed E-state index contributed by atoms with van der Waals surface area (Å²) < 4.78 is 9.98. The fourth-order valence-corrected chi connectivity index (χ4v) is 2.15. The van der Waals surface area contributed by atoms with Crippen molar-refractivity contribution in [3.05, 3.63) is 35.4 Å². The second-order valence-electron chi connectivity index (χ2n) is 9.42. The summed E-state index contributed by atoms with van der Waals surface area (Å²) >= 11 is 0. The molecule has 0 unspecified atom stereocenters. The van der Waals surface area contributed by atoms with Crippen molar-refractivity contribution in [2.75, 3.05) is 55.0 Å². The van der Waals surface area contributed by atoms with Crippen LogP contribution in [-0.2, 0) is 19.1 Å². The van der Waals surface area contributed by atoms with Gasteiger partial charge in [-0.25, -0.2) is 4.79 Å². The van der Waals surface area contributed by atoms with Crippen molar-refractivity contribution in [3.63, 3.8) is 0 Å². The Labute approximate surface area is 220 Å². The van der Waals surface area contributed by atoms with E-state index in [9.17, 15) is 14.4 Å². The summed E-state index contributed by atoms with van der Waals surface area (Å²) in [6, 6.07) is 8.48. The predicted molar refractivity (Wildman–Crippen MR) is 149 cm³/mol. The van der Waals surface area contributed by atoms with E-state index in [0.29, 0.717) is 13.1 Å². The number of aryl methyl sites for hydroxylation is 2. The Morgan fingerprint density at radius 3 is 1.75 bits per heavy atom. The van der Waals surface area contributed by atoms with Crippen LogP contribution in [-0.4, -0.2) is 88.7 Å². The minimum absolute atomic E-state index is 0.107. The first-order valence-electron chi connectivity index (χ1n) is 12.5. The average molecular weight is 512 g/mol. The van der Waals surface area contributed by atoms with Gasteiger partial charge in [0.1, 0.15) is 11.9 Å². The van der Waals surface area contributed by atoms with Crippen LogP contribution in [0.1, 0.15) is 64.5 Å². The highest BCUT2D eigenvalue weighted by molar-refractivity contribution is 5.78. The van der Waals surface area contributed by atoms with Crippen LogP contribution >= 0.6 is 0 Å². The molecular formula is C28H53N3O5. The van der Waals surface area contributed by atoms with E-state index in [1.165, 1.54) is 33.8 Å². The minimum atomic E-state index is -0.531. The summed E-state index contributed by atoms with van der Waals surface area (Å²) in [5.41, 5.74) is 2.13. The molecule has 0 radical (unpaired) electrons. The van der Waals surface area contributed by atoms with Gasteiger partial charge in [-0.15, -0.1) is 0 Å². The molecule has 0 aromatic heterocycles. The van der Waals surface area contributed by atoms with Crippen molar-refractivity contribution in [1.82, 2.24) is 15.1 Å². The maximum Gasteiger partial charge on any atom is 0.410 e.